The molecule has 2 amide bonds. The van der Waals surface area contributed by atoms with Crippen LogP contribution >= 0.6 is 0 Å². The summed E-state index contributed by atoms with van der Waals surface area (Å²) in [6, 6.07) is 3.72. The first-order chi connectivity index (χ1) is 10.1. The SMILES string of the molecule is O=C1C(=O)N2CCNCC2CN1Cc1cccc(F)c1F. The number of benzene rings is 1. The van der Waals surface area contributed by atoms with Gasteiger partial charge in [-0.2, -0.15) is 0 Å². The van der Waals surface area contributed by atoms with Crippen LogP contribution in [0.15, 0.2) is 18.2 Å². The third-order valence-electron chi connectivity index (χ3n) is 3.91. The Morgan fingerprint density at radius 2 is 2.05 bits per heavy atom. The molecule has 2 heterocycles. The van der Waals surface area contributed by atoms with Gasteiger partial charge in [-0.1, -0.05) is 12.1 Å². The maximum atomic E-state index is 13.7. The summed E-state index contributed by atoms with van der Waals surface area (Å²) in [6.07, 6.45) is 0. The summed E-state index contributed by atoms with van der Waals surface area (Å²) in [5.74, 6) is -3.15. The summed E-state index contributed by atoms with van der Waals surface area (Å²) in [4.78, 5) is 27.0. The van der Waals surface area contributed by atoms with Crippen molar-refractivity contribution >= 4 is 11.8 Å². The number of halogens is 2. The molecular formula is C14H15F2N3O2. The van der Waals surface area contributed by atoms with E-state index in [2.05, 4.69) is 5.32 Å². The van der Waals surface area contributed by atoms with E-state index in [1.54, 1.807) is 4.90 Å². The first-order valence-corrected chi connectivity index (χ1v) is 6.81. The van der Waals surface area contributed by atoms with Gasteiger partial charge in [-0.15, -0.1) is 0 Å². The highest BCUT2D eigenvalue weighted by Gasteiger charge is 2.40. The van der Waals surface area contributed by atoms with E-state index in [0.29, 0.717) is 26.2 Å². The molecule has 0 saturated carbocycles. The van der Waals surface area contributed by atoms with E-state index in [1.165, 1.54) is 17.0 Å². The minimum absolute atomic E-state index is 0.0772. The number of nitrogens with zero attached hydrogens (tertiary/aromatic N) is 2. The standard InChI is InChI=1S/C14H15F2N3O2/c15-11-3-1-2-9(12(11)16)7-18-8-10-6-17-4-5-19(10)14(21)13(18)20/h1-3,10,17H,4-8H2. The fourth-order valence-electron chi connectivity index (χ4n) is 2.80. The molecule has 5 nitrogen and oxygen atoms in total. The average Bonchev–Trinajstić information content (AvgIpc) is 2.49. The van der Waals surface area contributed by atoms with Crippen molar-refractivity contribution in [1.82, 2.24) is 15.1 Å². The molecule has 1 N–H and O–H groups in total. The summed E-state index contributed by atoms with van der Waals surface area (Å²) < 4.78 is 26.9. The Labute approximate surface area is 120 Å². The van der Waals surface area contributed by atoms with Crippen molar-refractivity contribution in [2.75, 3.05) is 26.2 Å². The molecule has 2 aliphatic heterocycles. The Bertz CT molecular complexity index is 594. The molecule has 0 spiro atoms. The van der Waals surface area contributed by atoms with Crippen LogP contribution in [0.4, 0.5) is 8.78 Å². The molecule has 2 saturated heterocycles. The Morgan fingerprint density at radius 3 is 2.86 bits per heavy atom. The Balaban J connectivity index is 1.80. The molecule has 7 heteroatoms. The zero-order valence-corrected chi connectivity index (χ0v) is 11.3. The van der Waals surface area contributed by atoms with Gasteiger partial charge in [0.2, 0.25) is 0 Å². The van der Waals surface area contributed by atoms with Gasteiger partial charge in [0.1, 0.15) is 0 Å². The molecule has 1 aromatic rings. The minimum atomic E-state index is -0.970. The van der Waals surface area contributed by atoms with Crippen molar-refractivity contribution in [2.24, 2.45) is 0 Å². The van der Waals surface area contributed by atoms with Crippen molar-refractivity contribution in [3.63, 3.8) is 0 Å². The predicted octanol–water partition coefficient (Wildman–Crippen LogP) is 0.107. The van der Waals surface area contributed by atoms with Crippen molar-refractivity contribution in [2.45, 2.75) is 12.6 Å². The second-order valence-electron chi connectivity index (χ2n) is 5.26. The van der Waals surface area contributed by atoms with Gasteiger partial charge >= 0.3 is 11.8 Å². The Morgan fingerprint density at radius 1 is 1.24 bits per heavy atom. The van der Waals surface area contributed by atoms with E-state index in [1.807, 2.05) is 0 Å². The molecule has 21 heavy (non-hydrogen) atoms. The van der Waals surface area contributed by atoms with E-state index in [-0.39, 0.29) is 18.2 Å². The number of piperazine rings is 2. The second kappa shape index (κ2) is 5.40. The van der Waals surface area contributed by atoms with Crippen LogP contribution in [0.2, 0.25) is 0 Å². The summed E-state index contributed by atoms with van der Waals surface area (Å²) in [6.45, 7) is 1.98. The van der Waals surface area contributed by atoms with E-state index in [4.69, 9.17) is 0 Å². The first kappa shape index (κ1) is 13.9. The topological polar surface area (TPSA) is 52.7 Å². The highest BCUT2D eigenvalue weighted by molar-refractivity contribution is 6.35. The number of hydrogen-bond donors (Lipinski definition) is 1. The van der Waals surface area contributed by atoms with Crippen LogP contribution in [0.25, 0.3) is 0 Å². The first-order valence-electron chi connectivity index (χ1n) is 6.81. The second-order valence-corrected chi connectivity index (χ2v) is 5.26. The van der Waals surface area contributed by atoms with Crippen molar-refractivity contribution in [3.05, 3.63) is 35.4 Å². The number of fused-ring (bicyclic) bond motifs is 1. The highest BCUT2D eigenvalue weighted by atomic mass is 19.2. The van der Waals surface area contributed by atoms with E-state index in [0.717, 1.165) is 6.07 Å². The van der Waals surface area contributed by atoms with Gasteiger partial charge in [-0.3, -0.25) is 9.59 Å². The molecule has 2 aliphatic rings. The van der Waals surface area contributed by atoms with Gasteiger partial charge in [-0.25, -0.2) is 8.78 Å². The lowest BCUT2D eigenvalue weighted by molar-refractivity contribution is -0.160. The summed E-state index contributed by atoms with van der Waals surface area (Å²) in [5.41, 5.74) is 0.0772. The van der Waals surface area contributed by atoms with E-state index in [9.17, 15) is 18.4 Å². The van der Waals surface area contributed by atoms with Gasteiger partial charge in [0, 0.05) is 38.3 Å². The molecule has 0 bridgehead atoms. The van der Waals surface area contributed by atoms with Gasteiger partial charge in [0.25, 0.3) is 0 Å². The van der Waals surface area contributed by atoms with Crippen LogP contribution in [-0.4, -0.2) is 53.8 Å². The molecule has 0 aliphatic carbocycles. The highest BCUT2D eigenvalue weighted by Crippen LogP contribution is 2.19. The zero-order chi connectivity index (χ0) is 15.0. The fourth-order valence-corrected chi connectivity index (χ4v) is 2.80. The van der Waals surface area contributed by atoms with Gasteiger partial charge in [0.15, 0.2) is 11.6 Å². The third kappa shape index (κ3) is 2.49. The van der Waals surface area contributed by atoms with Gasteiger partial charge in [0.05, 0.1) is 6.04 Å². The lowest BCUT2D eigenvalue weighted by Crippen LogP contribution is -2.65. The average molecular weight is 295 g/mol. The maximum absolute atomic E-state index is 13.7. The summed E-state index contributed by atoms with van der Waals surface area (Å²) in [5, 5.41) is 3.16. The molecule has 1 atom stereocenters. The quantitative estimate of drug-likeness (QED) is 0.788. The number of rotatable bonds is 2. The monoisotopic (exact) mass is 295 g/mol. The van der Waals surface area contributed by atoms with Gasteiger partial charge < -0.3 is 15.1 Å². The molecule has 1 unspecified atom stereocenters. The maximum Gasteiger partial charge on any atom is 0.312 e. The third-order valence-corrected chi connectivity index (χ3v) is 3.91. The Kier molecular flexibility index (Phi) is 3.59. The molecular weight excluding hydrogens is 280 g/mol. The number of hydrogen-bond acceptors (Lipinski definition) is 3. The minimum Gasteiger partial charge on any atom is -0.328 e. The number of carbonyl (C=O) groups is 2. The normalized spacial score (nSPS) is 22.5. The smallest absolute Gasteiger partial charge is 0.312 e. The number of carbonyl (C=O) groups excluding carboxylic acids is 2. The van der Waals surface area contributed by atoms with Crippen LogP contribution in [0.1, 0.15) is 5.56 Å². The number of nitrogens with one attached hydrogen (secondary N) is 1. The summed E-state index contributed by atoms with van der Waals surface area (Å²) in [7, 11) is 0. The number of amides is 2. The zero-order valence-electron chi connectivity index (χ0n) is 11.3. The summed E-state index contributed by atoms with van der Waals surface area (Å²) >= 11 is 0. The molecule has 1 aromatic carbocycles. The largest absolute Gasteiger partial charge is 0.328 e. The lowest BCUT2D eigenvalue weighted by Gasteiger charge is -2.43. The molecule has 0 aromatic heterocycles. The predicted molar refractivity (Wildman–Crippen MR) is 70.1 cm³/mol. The Hall–Kier alpha value is -2.02. The van der Waals surface area contributed by atoms with Crippen LogP contribution in [0, 0.1) is 11.6 Å². The fraction of sp³-hybridized carbons (Fsp3) is 0.429. The van der Waals surface area contributed by atoms with Crippen molar-refractivity contribution in [3.8, 4) is 0 Å². The van der Waals surface area contributed by atoms with Crippen LogP contribution in [0.5, 0.6) is 0 Å². The van der Waals surface area contributed by atoms with Crippen LogP contribution < -0.4 is 5.32 Å². The van der Waals surface area contributed by atoms with Crippen molar-refractivity contribution in [1.29, 1.82) is 0 Å². The lowest BCUT2D eigenvalue weighted by atomic mass is 10.1. The molecule has 3 rings (SSSR count). The van der Waals surface area contributed by atoms with Gasteiger partial charge in [-0.05, 0) is 6.07 Å². The van der Waals surface area contributed by atoms with E-state index < -0.39 is 23.4 Å². The molecule has 112 valence electrons. The molecule has 2 fully saturated rings. The molecule has 0 radical (unpaired) electrons. The van der Waals surface area contributed by atoms with E-state index >= 15 is 0 Å². The van der Waals surface area contributed by atoms with Crippen LogP contribution in [-0.2, 0) is 16.1 Å². The van der Waals surface area contributed by atoms with Crippen LogP contribution in [0.3, 0.4) is 0 Å². The van der Waals surface area contributed by atoms with Crippen molar-refractivity contribution < 1.29 is 18.4 Å².